The fourth-order valence-corrected chi connectivity index (χ4v) is 3.03. The van der Waals surface area contributed by atoms with Gasteiger partial charge >= 0.3 is 0 Å². The van der Waals surface area contributed by atoms with Gasteiger partial charge in [-0.2, -0.15) is 0 Å². The molecular weight excluding hydrogens is 344 g/mol. The highest BCUT2D eigenvalue weighted by Crippen LogP contribution is 2.17. The number of nitrogens with zero attached hydrogens (tertiary/aromatic N) is 2. The number of ether oxygens (including phenoxy) is 2. The number of aryl methyl sites for hydroxylation is 1. The topological polar surface area (TPSA) is 59.1 Å². The summed E-state index contributed by atoms with van der Waals surface area (Å²) in [6, 6.07) is 14.7. The zero-order valence-electron chi connectivity index (χ0n) is 15.7. The molecule has 27 heavy (non-hydrogen) atoms. The van der Waals surface area contributed by atoms with E-state index in [1.165, 1.54) is 0 Å². The smallest absolute Gasteiger partial charge is 0.260 e. The Bertz CT molecular complexity index is 796. The number of benzene rings is 2. The van der Waals surface area contributed by atoms with Gasteiger partial charge in [0, 0.05) is 31.7 Å². The summed E-state index contributed by atoms with van der Waals surface area (Å²) in [6.07, 6.45) is 0. The van der Waals surface area contributed by atoms with Crippen molar-refractivity contribution in [2.24, 2.45) is 0 Å². The SMILES string of the molecule is COc1ccc(OCC(=O)N2CCN(C(=O)c3cccc(C)c3)CC2)cc1. The Labute approximate surface area is 159 Å². The molecule has 3 rings (SSSR count). The van der Waals surface area contributed by atoms with Gasteiger partial charge in [-0.15, -0.1) is 0 Å². The molecule has 0 unspecified atom stereocenters. The molecule has 0 N–H and O–H groups in total. The van der Waals surface area contributed by atoms with Gasteiger partial charge in [0.25, 0.3) is 11.8 Å². The van der Waals surface area contributed by atoms with Crippen LogP contribution in [0.3, 0.4) is 0 Å². The largest absolute Gasteiger partial charge is 0.497 e. The number of carbonyl (C=O) groups excluding carboxylic acids is 2. The van der Waals surface area contributed by atoms with E-state index in [9.17, 15) is 9.59 Å². The molecule has 0 aromatic heterocycles. The zero-order valence-corrected chi connectivity index (χ0v) is 15.7. The first-order valence-electron chi connectivity index (χ1n) is 8.97. The van der Waals surface area contributed by atoms with Crippen LogP contribution in [0.1, 0.15) is 15.9 Å². The van der Waals surface area contributed by atoms with Crippen LogP contribution in [0.25, 0.3) is 0 Å². The van der Waals surface area contributed by atoms with Gasteiger partial charge in [0.2, 0.25) is 0 Å². The van der Waals surface area contributed by atoms with Crippen LogP contribution in [-0.4, -0.2) is 61.5 Å². The summed E-state index contributed by atoms with van der Waals surface area (Å²) in [4.78, 5) is 28.5. The van der Waals surface area contributed by atoms with Crippen molar-refractivity contribution in [3.8, 4) is 11.5 Å². The molecule has 2 amide bonds. The Morgan fingerprint density at radius 2 is 1.56 bits per heavy atom. The second kappa shape index (κ2) is 8.58. The highest BCUT2D eigenvalue weighted by atomic mass is 16.5. The van der Waals surface area contributed by atoms with E-state index in [4.69, 9.17) is 9.47 Å². The third kappa shape index (κ3) is 4.78. The van der Waals surface area contributed by atoms with Crippen molar-refractivity contribution in [2.75, 3.05) is 39.9 Å². The Morgan fingerprint density at radius 3 is 2.19 bits per heavy atom. The number of rotatable bonds is 5. The third-order valence-corrected chi connectivity index (χ3v) is 4.61. The van der Waals surface area contributed by atoms with E-state index in [-0.39, 0.29) is 18.4 Å². The second-order valence-electron chi connectivity index (χ2n) is 6.51. The van der Waals surface area contributed by atoms with Gasteiger partial charge in [0.05, 0.1) is 7.11 Å². The van der Waals surface area contributed by atoms with Gasteiger partial charge in [-0.1, -0.05) is 17.7 Å². The maximum absolute atomic E-state index is 12.6. The zero-order chi connectivity index (χ0) is 19.2. The van der Waals surface area contributed by atoms with E-state index in [0.29, 0.717) is 37.5 Å². The molecule has 0 spiro atoms. The summed E-state index contributed by atoms with van der Waals surface area (Å²) in [7, 11) is 1.60. The maximum atomic E-state index is 12.6. The van der Waals surface area contributed by atoms with Crippen molar-refractivity contribution in [3.05, 3.63) is 59.7 Å². The van der Waals surface area contributed by atoms with E-state index >= 15 is 0 Å². The minimum absolute atomic E-state index is 0.0141. The number of amides is 2. The summed E-state index contributed by atoms with van der Waals surface area (Å²) in [6.45, 7) is 4.04. The van der Waals surface area contributed by atoms with Crippen molar-refractivity contribution in [2.45, 2.75) is 6.92 Å². The minimum atomic E-state index is -0.0755. The molecule has 0 saturated carbocycles. The predicted octanol–water partition coefficient (Wildman–Crippen LogP) is 2.37. The fourth-order valence-electron chi connectivity index (χ4n) is 3.03. The highest BCUT2D eigenvalue weighted by Gasteiger charge is 2.25. The molecule has 6 nitrogen and oxygen atoms in total. The first-order valence-corrected chi connectivity index (χ1v) is 8.97. The Balaban J connectivity index is 1.48. The summed E-state index contributed by atoms with van der Waals surface area (Å²) in [5, 5.41) is 0. The van der Waals surface area contributed by atoms with E-state index in [0.717, 1.165) is 11.3 Å². The van der Waals surface area contributed by atoms with Crippen LogP contribution in [0.2, 0.25) is 0 Å². The summed E-state index contributed by atoms with van der Waals surface area (Å²) in [5.74, 6) is 1.30. The fraction of sp³-hybridized carbons (Fsp3) is 0.333. The summed E-state index contributed by atoms with van der Waals surface area (Å²) in [5.41, 5.74) is 1.75. The summed E-state index contributed by atoms with van der Waals surface area (Å²) >= 11 is 0. The van der Waals surface area contributed by atoms with Crippen LogP contribution < -0.4 is 9.47 Å². The first kappa shape index (κ1) is 18.8. The van der Waals surface area contributed by atoms with Crippen LogP contribution in [0.5, 0.6) is 11.5 Å². The van der Waals surface area contributed by atoms with Crippen molar-refractivity contribution in [3.63, 3.8) is 0 Å². The third-order valence-electron chi connectivity index (χ3n) is 4.61. The normalized spacial score (nSPS) is 14.0. The minimum Gasteiger partial charge on any atom is -0.497 e. The van der Waals surface area contributed by atoms with Crippen molar-refractivity contribution >= 4 is 11.8 Å². The molecule has 0 bridgehead atoms. The summed E-state index contributed by atoms with van der Waals surface area (Å²) < 4.78 is 10.6. The van der Waals surface area contributed by atoms with Crippen LogP contribution in [0.4, 0.5) is 0 Å². The predicted molar refractivity (Wildman–Crippen MR) is 102 cm³/mol. The first-order chi connectivity index (χ1) is 13.1. The van der Waals surface area contributed by atoms with E-state index in [1.54, 1.807) is 41.2 Å². The molecule has 1 aliphatic heterocycles. The van der Waals surface area contributed by atoms with Crippen LogP contribution >= 0.6 is 0 Å². The molecule has 2 aromatic rings. The van der Waals surface area contributed by atoms with Gasteiger partial charge in [-0.05, 0) is 43.3 Å². The average Bonchev–Trinajstić information content (AvgIpc) is 2.72. The molecule has 1 aliphatic rings. The second-order valence-corrected chi connectivity index (χ2v) is 6.51. The number of hydrogen-bond acceptors (Lipinski definition) is 4. The lowest BCUT2D eigenvalue weighted by Gasteiger charge is -2.34. The number of piperazine rings is 1. The number of carbonyl (C=O) groups is 2. The average molecular weight is 368 g/mol. The standard InChI is InChI=1S/C21H24N2O4/c1-16-4-3-5-17(14-16)21(25)23-12-10-22(11-13-23)20(24)15-27-19-8-6-18(26-2)7-9-19/h3-9,14H,10-13,15H2,1-2H3. The Kier molecular flexibility index (Phi) is 5.96. The van der Waals surface area contributed by atoms with Crippen LogP contribution in [-0.2, 0) is 4.79 Å². The van der Waals surface area contributed by atoms with E-state index in [2.05, 4.69) is 0 Å². The lowest BCUT2D eigenvalue weighted by molar-refractivity contribution is -0.134. The molecule has 0 radical (unpaired) electrons. The molecule has 1 fully saturated rings. The lowest BCUT2D eigenvalue weighted by Crippen LogP contribution is -2.51. The number of methoxy groups -OCH3 is 1. The Hall–Kier alpha value is -3.02. The molecule has 142 valence electrons. The molecule has 0 atom stereocenters. The van der Waals surface area contributed by atoms with Gasteiger partial charge in [0.15, 0.2) is 6.61 Å². The molecule has 6 heteroatoms. The quantitative estimate of drug-likeness (QED) is 0.813. The van der Waals surface area contributed by atoms with Crippen LogP contribution in [0.15, 0.2) is 48.5 Å². The highest BCUT2D eigenvalue weighted by molar-refractivity contribution is 5.94. The molecule has 1 saturated heterocycles. The van der Waals surface area contributed by atoms with Crippen molar-refractivity contribution in [1.82, 2.24) is 9.80 Å². The van der Waals surface area contributed by atoms with Crippen molar-refractivity contribution in [1.29, 1.82) is 0 Å². The van der Waals surface area contributed by atoms with E-state index in [1.807, 2.05) is 31.2 Å². The monoisotopic (exact) mass is 368 g/mol. The Morgan fingerprint density at radius 1 is 0.926 bits per heavy atom. The molecular formula is C21H24N2O4. The molecule has 1 heterocycles. The van der Waals surface area contributed by atoms with Gasteiger partial charge in [0.1, 0.15) is 11.5 Å². The lowest BCUT2D eigenvalue weighted by atomic mass is 10.1. The van der Waals surface area contributed by atoms with Gasteiger partial charge in [-0.25, -0.2) is 0 Å². The maximum Gasteiger partial charge on any atom is 0.260 e. The van der Waals surface area contributed by atoms with Crippen molar-refractivity contribution < 1.29 is 19.1 Å². The van der Waals surface area contributed by atoms with Gasteiger partial charge in [-0.3, -0.25) is 9.59 Å². The number of hydrogen-bond donors (Lipinski definition) is 0. The van der Waals surface area contributed by atoms with E-state index < -0.39 is 0 Å². The molecule has 2 aromatic carbocycles. The molecule has 0 aliphatic carbocycles. The van der Waals surface area contributed by atoms with Gasteiger partial charge < -0.3 is 19.3 Å². The van der Waals surface area contributed by atoms with Crippen LogP contribution in [0, 0.1) is 6.92 Å².